The summed E-state index contributed by atoms with van der Waals surface area (Å²) in [6.07, 6.45) is 4.36. The van der Waals surface area contributed by atoms with Crippen LogP contribution in [-0.2, 0) is 41.2 Å². The molecule has 75 valence electrons. The van der Waals surface area contributed by atoms with Gasteiger partial charge in [0.25, 0.3) is 0 Å². The van der Waals surface area contributed by atoms with Gasteiger partial charge in [-0.25, -0.2) is 0 Å². The molecule has 0 amide bonds. The van der Waals surface area contributed by atoms with Crippen LogP contribution in [-0.4, -0.2) is 0 Å². The van der Waals surface area contributed by atoms with Crippen LogP contribution in [0.15, 0.2) is 36.4 Å². The van der Waals surface area contributed by atoms with Gasteiger partial charge in [0.05, 0.1) is 0 Å². The second-order valence-corrected chi connectivity index (χ2v) is 3.13. The third-order valence-electron chi connectivity index (χ3n) is 2.41. The molecule has 2 heteroatoms. The summed E-state index contributed by atoms with van der Waals surface area (Å²) in [6.45, 7) is 0. The molecule has 2 aromatic carbocycles. The van der Waals surface area contributed by atoms with Gasteiger partial charge in [-0.15, -0.1) is 0 Å². The molecule has 0 heterocycles. The molecule has 1 radical (unpaired) electrons. The Morgan fingerprint density at radius 2 is 1.21 bits per heavy atom. The Morgan fingerprint density at radius 1 is 0.714 bits per heavy atom. The van der Waals surface area contributed by atoms with Gasteiger partial charge in [-0.2, -0.15) is 0 Å². The summed E-state index contributed by atoms with van der Waals surface area (Å²) in [4.78, 5) is 0. The van der Waals surface area contributed by atoms with Crippen molar-refractivity contribution < 1.29 is 41.2 Å². The van der Waals surface area contributed by atoms with Crippen molar-refractivity contribution in [2.75, 3.05) is 0 Å². The summed E-state index contributed by atoms with van der Waals surface area (Å²) in [5.74, 6) is 0. The first-order valence-corrected chi connectivity index (χ1v) is 4.15. The topological polar surface area (TPSA) is 0 Å². The van der Waals surface area contributed by atoms with Crippen LogP contribution in [0.1, 0.15) is 11.1 Å². The van der Waals surface area contributed by atoms with E-state index in [9.17, 15) is 0 Å². The summed E-state index contributed by atoms with van der Waals surface area (Å²) >= 11 is 0. The van der Waals surface area contributed by atoms with Gasteiger partial charge in [-0.1, -0.05) is 48.6 Å². The van der Waals surface area contributed by atoms with E-state index in [1.165, 1.54) is 21.9 Å². The average molecular weight is 539 g/mol. The van der Waals surface area contributed by atoms with E-state index in [1.807, 2.05) is 0 Å². The Bertz CT molecular complexity index is 448. The van der Waals surface area contributed by atoms with Crippen molar-refractivity contribution in [3.63, 3.8) is 0 Å². The molecule has 0 saturated heterocycles. The van der Waals surface area contributed by atoms with Gasteiger partial charge in [-0.3, -0.25) is 0 Å². The van der Waals surface area contributed by atoms with E-state index in [4.69, 9.17) is 0 Å². The van der Waals surface area contributed by atoms with Gasteiger partial charge in [-0.05, 0) is 21.9 Å². The minimum Gasteiger partial charge on any atom is -0.0610 e. The number of rotatable bonds is 0. The van der Waals surface area contributed by atoms with Crippen LogP contribution in [0, 0.1) is 0 Å². The van der Waals surface area contributed by atoms with Crippen LogP contribution in [0.3, 0.4) is 0 Å². The number of benzene rings is 2. The number of hydrogen-bond acceptors (Lipinski definition) is 0. The third kappa shape index (κ3) is 1.65. The molecule has 14 heavy (non-hydrogen) atoms. The van der Waals surface area contributed by atoms with Crippen molar-refractivity contribution in [3.05, 3.63) is 47.5 Å². The van der Waals surface area contributed by atoms with Crippen LogP contribution < -0.4 is 0 Å². The Balaban J connectivity index is 0.000000490. The molecule has 2 aromatic rings. The standard InChI is InChI=1S/C12H8.Ir.Pt/c1-3-9-4-2-6-11-8-7-10(5-1)12(9)11;;/h1-8H;;. The zero-order valence-corrected chi connectivity index (χ0v) is 11.9. The van der Waals surface area contributed by atoms with Crippen LogP contribution in [0.25, 0.3) is 22.9 Å². The van der Waals surface area contributed by atoms with Crippen molar-refractivity contribution in [2.45, 2.75) is 0 Å². The van der Waals surface area contributed by atoms with Crippen LogP contribution in [0.5, 0.6) is 0 Å². The van der Waals surface area contributed by atoms with E-state index in [0.717, 1.165) is 0 Å². The molecule has 0 aromatic heterocycles. The molecule has 1 aliphatic rings. The zero-order chi connectivity index (χ0) is 7.97. The molecular formula is C12H8IrPt. The fraction of sp³-hybridized carbons (Fsp3) is 0. The molecule has 0 fully saturated rings. The molecule has 1 aliphatic carbocycles. The van der Waals surface area contributed by atoms with Crippen molar-refractivity contribution in [2.24, 2.45) is 0 Å². The summed E-state index contributed by atoms with van der Waals surface area (Å²) in [5.41, 5.74) is 2.70. The first-order valence-electron chi connectivity index (χ1n) is 4.15. The SMILES string of the molecule is C1=Cc2cccc3cccc1c23.[Ir].[Pt]. The second-order valence-electron chi connectivity index (χ2n) is 3.13. The van der Waals surface area contributed by atoms with Crippen molar-refractivity contribution in [1.29, 1.82) is 0 Å². The minimum atomic E-state index is 0. The quantitative estimate of drug-likeness (QED) is 0.412. The summed E-state index contributed by atoms with van der Waals surface area (Å²) in [7, 11) is 0. The smallest absolute Gasteiger partial charge is 0 e. The molecule has 0 bridgehead atoms. The first kappa shape index (κ1) is 11.9. The molecule has 0 atom stereocenters. The fourth-order valence-electron chi connectivity index (χ4n) is 1.86. The summed E-state index contributed by atoms with van der Waals surface area (Å²) in [6, 6.07) is 12.9. The molecule has 0 saturated carbocycles. The maximum Gasteiger partial charge on any atom is 0 e. The van der Waals surface area contributed by atoms with E-state index in [1.54, 1.807) is 0 Å². The Kier molecular flexibility index (Phi) is 3.84. The molecule has 0 unspecified atom stereocenters. The fourth-order valence-corrected chi connectivity index (χ4v) is 1.86. The molecule has 0 N–H and O–H groups in total. The van der Waals surface area contributed by atoms with Gasteiger partial charge in [0, 0.05) is 41.2 Å². The van der Waals surface area contributed by atoms with Crippen LogP contribution >= 0.6 is 0 Å². The van der Waals surface area contributed by atoms with E-state index >= 15 is 0 Å². The number of hydrogen-bond donors (Lipinski definition) is 0. The molecular weight excluding hydrogens is 531 g/mol. The van der Waals surface area contributed by atoms with Gasteiger partial charge in [0.15, 0.2) is 0 Å². The monoisotopic (exact) mass is 540 g/mol. The second kappa shape index (κ2) is 4.53. The Labute approximate surface area is 111 Å². The van der Waals surface area contributed by atoms with Crippen molar-refractivity contribution in [1.82, 2.24) is 0 Å². The van der Waals surface area contributed by atoms with Crippen LogP contribution in [0.2, 0.25) is 0 Å². The Hall–Kier alpha value is -0.222. The van der Waals surface area contributed by atoms with Gasteiger partial charge in [0.2, 0.25) is 0 Å². The molecule has 0 nitrogen and oxygen atoms in total. The average Bonchev–Trinajstić information content (AvgIpc) is 2.52. The summed E-state index contributed by atoms with van der Waals surface area (Å²) in [5, 5.41) is 2.75. The van der Waals surface area contributed by atoms with E-state index in [-0.39, 0.29) is 41.2 Å². The van der Waals surface area contributed by atoms with E-state index in [0.29, 0.717) is 0 Å². The van der Waals surface area contributed by atoms with Crippen molar-refractivity contribution in [3.8, 4) is 0 Å². The zero-order valence-electron chi connectivity index (χ0n) is 7.27. The minimum absolute atomic E-state index is 0. The molecule has 0 aliphatic heterocycles. The largest absolute Gasteiger partial charge is 0.0610 e. The van der Waals surface area contributed by atoms with Crippen molar-refractivity contribution >= 4 is 22.9 Å². The maximum atomic E-state index is 2.18. The third-order valence-corrected chi connectivity index (χ3v) is 2.41. The van der Waals surface area contributed by atoms with E-state index in [2.05, 4.69) is 48.6 Å². The first-order chi connectivity index (χ1) is 5.95. The molecule has 0 spiro atoms. The van der Waals surface area contributed by atoms with Gasteiger partial charge in [0.1, 0.15) is 0 Å². The summed E-state index contributed by atoms with van der Waals surface area (Å²) < 4.78 is 0. The molecule has 3 rings (SSSR count). The predicted molar refractivity (Wildman–Crippen MR) is 52.9 cm³/mol. The van der Waals surface area contributed by atoms with Gasteiger partial charge < -0.3 is 0 Å². The predicted octanol–water partition coefficient (Wildman–Crippen LogP) is 3.32. The van der Waals surface area contributed by atoms with E-state index < -0.39 is 0 Å². The normalized spacial score (nSPS) is 10.9. The maximum absolute atomic E-state index is 2.18. The van der Waals surface area contributed by atoms with Gasteiger partial charge >= 0.3 is 0 Å². The Morgan fingerprint density at radius 3 is 1.71 bits per heavy atom. The van der Waals surface area contributed by atoms with Crippen LogP contribution in [0.4, 0.5) is 0 Å².